The third-order valence-corrected chi connectivity index (χ3v) is 5.48. The molecule has 5 rings (SSSR count). The molecule has 29 heavy (non-hydrogen) atoms. The van der Waals surface area contributed by atoms with Gasteiger partial charge in [0, 0.05) is 35.8 Å². The lowest BCUT2D eigenvalue weighted by Crippen LogP contribution is -2.31. The SMILES string of the molecule is Clc1cccc(-c2noc(N3CCc4c(ncn4CCc4ccccc4)C3)n2)c1. The number of hydrogen-bond donors (Lipinski definition) is 0. The van der Waals surface area contributed by atoms with Crippen LogP contribution in [0, 0.1) is 0 Å². The second kappa shape index (κ2) is 7.72. The molecule has 2 aromatic carbocycles. The Balaban J connectivity index is 1.29. The van der Waals surface area contributed by atoms with Gasteiger partial charge < -0.3 is 14.0 Å². The fraction of sp³-hybridized carbons (Fsp3) is 0.227. The van der Waals surface area contributed by atoms with Crippen LogP contribution in [0.2, 0.25) is 5.02 Å². The lowest BCUT2D eigenvalue weighted by atomic mass is 10.1. The first kappa shape index (κ1) is 17.9. The highest BCUT2D eigenvalue weighted by Gasteiger charge is 2.24. The monoisotopic (exact) mass is 405 g/mol. The smallest absolute Gasteiger partial charge is 0.324 e. The van der Waals surface area contributed by atoms with E-state index < -0.39 is 0 Å². The number of halogens is 1. The van der Waals surface area contributed by atoms with Crippen LogP contribution in [-0.2, 0) is 25.9 Å². The van der Waals surface area contributed by atoms with Gasteiger partial charge in [0.2, 0.25) is 5.82 Å². The van der Waals surface area contributed by atoms with Gasteiger partial charge in [-0.3, -0.25) is 0 Å². The van der Waals surface area contributed by atoms with Gasteiger partial charge in [0.05, 0.1) is 18.6 Å². The highest BCUT2D eigenvalue weighted by atomic mass is 35.5. The van der Waals surface area contributed by atoms with E-state index in [2.05, 4.69) is 48.9 Å². The Morgan fingerprint density at radius 2 is 1.97 bits per heavy atom. The second-order valence-corrected chi connectivity index (χ2v) is 7.59. The Hall–Kier alpha value is -3.12. The summed E-state index contributed by atoms with van der Waals surface area (Å²) < 4.78 is 7.78. The molecule has 1 aliphatic heterocycles. The highest BCUT2D eigenvalue weighted by Crippen LogP contribution is 2.26. The zero-order valence-corrected chi connectivity index (χ0v) is 16.6. The predicted octanol–water partition coefficient (Wildman–Crippen LogP) is 4.39. The first-order valence-electron chi connectivity index (χ1n) is 9.68. The molecule has 0 unspecified atom stereocenters. The number of hydrogen-bond acceptors (Lipinski definition) is 5. The molecule has 0 spiro atoms. The number of aromatic nitrogens is 4. The molecule has 0 bridgehead atoms. The van der Waals surface area contributed by atoms with E-state index in [1.165, 1.54) is 11.3 Å². The Morgan fingerprint density at radius 3 is 2.83 bits per heavy atom. The molecule has 0 fully saturated rings. The number of rotatable bonds is 5. The van der Waals surface area contributed by atoms with Crippen molar-refractivity contribution in [2.45, 2.75) is 25.9 Å². The van der Waals surface area contributed by atoms with Crippen molar-refractivity contribution in [3.63, 3.8) is 0 Å². The van der Waals surface area contributed by atoms with Crippen molar-refractivity contribution in [2.24, 2.45) is 0 Å². The number of fused-ring (bicyclic) bond motifs is 1. The summed E-state index contributed by atoms with van der Waals surface area (Å²) in [5.41, 5.74) is 4.56. The van der Waals surface area contributed by atoms with Gasteiger partial charge in [0.25, 0.3) is 0 Å². The van der Waals surface area contributed by atoms with Gasteiger partial charge in [-0.05, 0) is 24.1 Å². The molecule has 0 aliphatic carbocycles. The van der Waals surface area contributed by atoms with Crippen molar-refractivity contribution >= 4 is 17.6 Å². The molecule has 0 amide bonds. The van der Waals surface area contributed by atoms with Crippen LogP contribution in [0.4, 0.5) is 6.01 Å². The number of imidazole rings is 1. The van der Waals surface area contributed by atoms with Crippen molar-refractivity contribution < 1.29 is 4.52 Å². The van der Waals surface area contributed by atoms with Crippen LogP contribution in [-0.4, -0.2) is 26.2 Å². The summed E-state index contributed by atoms with van der Waals surface area (Å²) in [6.07, 6.45) is 3.85. The van der Waals surface area contributed by atoms with Gasteiger partial charge in [0.15, 0.2) is 0 Å². The topological polar surface area (TPSA) is 60.0 Å². The van der Waals surface area contributed by atoms with E-state index in [4.69, 9.17) is 16.1 Å². The van der Waals surface area contributed by atoms with E-state index in [1.54, 1.807) is 0 Å². The van der Waals surface area contributed by atoms with Crippen LogP contribution >= 0.6 is 11.6 Å². The van der Waals surface area contributed by atoms with Crippen LogP contribution in [0.5, 0.6) is 0 Å². The molecule has 3 heterocycles. The fourth-order valence-electron chi connectivity index (χ4n) is 3.71. The van der Waals surface area contributed by atoms with Gasteiger partial charge in [-0.15, -0.1) is 0 Å². The lowest BCUT2D eigenvalue weighted by molar-refractivity contribution is 0.409. The standard InChI is InChI=1S/C22H20ClN5O/c23-18-8-4-7-17(13-18)21-25-22(29-26-21)27-12-10-20-19(14-27)24-15-28(20)11-9-16-5-2-1-3-6-16/h1-8,13,15H,9-12,14H2. The number of anilines is 1. The van der Waals surface area contributed by atoms with E-state index in [0.717, 1.165) is 37.2 Å². The van der Waals surface area contributed by atoms with Gasteiger partial charge >= 0.3 is 6.01 Å². The van der Waals surface area contributed by atoms with Crippen molar-refractivity contribution in [1.29, 1.82) is 0 Å². The summed E-state index contributed by atoms with van der Waals surface area (Å²) in [7, 11) is 0. The summed E-state index contributed by atoms with van der Waals surface area (Å²) >= 11 is 6.07. The van der Waals surface area contributed by atoms with E-state index in [0.29, 0.717) is 23.4 Å². The zero-order valence-electron chi connectivity index (χ0n) is 15.8. The normalized spacial score (nSPS) is 13.5. The summed E-state index contributed by atoms with van der Waals surface area (Å²) in [6.45, 7) is 2.43. The first-order valence-corrected chi connectivity index (χ1v) is 10.1. The van der Waals surface area contributed by atoms with E-state index in [9.17, 15) is 0 Å². The maximum atomic E-state index is 6.07. The number of nitrogens with zero attached hydrogens (tertiary/aromatic N) is 5. The average molecular weight is 406 g/mol. The van der Waals surface area contributed by atoms with Crippen LogP contribution in [0.15, 0.2) is 65.4 Å². The minimum absolute atomic E-state index is 0.518. The van der Waals surface area contributed by atoms with Crippen LogP contribution in [0.3, 0.4) is 0 Å². The molecule has 0 saturated heterocycles. The second-order valence-electron chi connectivity index (χ2n) is 7.15. The summed E-state index contributed by atoms with van der Waals surface area (Å²) in [4.78, 5) is 11.3. The summed E-state index contributed by atoms with van der Waals surface area (Å²) in [6, 6.07) is 18.5. The molecule has 0 N–H and O–H groups in total. The predicted molar refractivity (Wildman–Crippen MR) is 112 cm³/mol. The van der Waals surface area contributed by atoms with Crippen LogP contribution in [0.25, 0.3) is 11.4 Å². The van der Waals surface area contributed by atoms with E-state index >= 15 is 0 Å². The molecule has 0 radical (unpaired) electrons. The highest BCUT2D eigenvalue weighted by molar-refractivity contribution is 6.30. The van der Waals surface area contributed by atoms with Crippen LogP contribution < -0.4 is 4.90 Å². The van der Waals surface area contributed by atoms with Gasteiger partial charge in [-0.25, -0.2) is 4.98 Å². The first-order chi connectivity index (χ1) is 14.3. The van der Waals surface area contributed by atoms with Gasteiger partial charge in [-0.2, -0.15) is 4.98 Å². The molecule has 4 aromatic rings. The Labute approximate surface area is 173 Å². The quantitative estimate of drug-likeness (QED) is 0.492. The maximum absolute atomic E-state index is 6.07. The van der Waals surface area contributed by atoms with E-state index in [-0.39, 0.29) is 0 Å². The van der Waals surface area contributed by atoms with Crippen molar-refractivity contribution in [1.82, 2.24) is 19.7 Å². The molecule has 7 heteroatoms. The van der Waals surface area contributed by atoms with Crippen molar-refractivity contribution in [2.75, 3.05) is 11.4 Å². The van der Waals surface area contributed by atoms with Crippen molar-refractivity contribution in [3.05, 3.63) is 82.9 Å². The fourth-order valence-corrected chi connectivity index (χ4v) is 3.90. The minimum Gasteiger partial charge on any atom is -0.334 e. The number of aryl methyl sites for hydroxylation is 2. The third kappa shape index (κ3) is 3.76. The van der Waals surface area contributed by atoms with Crippen LogP contribution in [0.1, 0.15) is 17.0 Å². The molecule has 0 atom stereocenters. The molecular formula is C22H20ClN5O. The molecule has 2 aromatic heterocycles. The summed E-state index contributed by atoms with van der Waals surface area (Å²) in [5.74, 6) is 0.543. The Bertz CT molecular complexity index is 1120. The summed E-state index contributed by atoms with van der Waals surface area (Å²) in [5, 5.41) is 4.77. The van der Waals surface area contributed by atoms with Gasteiger partial charge in [0.1, 0.15) is 0 Å². The maximum Gasteiger partial charge on any atom is 0.324 e. The largest absolute Gasteiger partial charge is 0.334 e. The average Bonchev–Trinajstić information content (AvgIpc) is 3.40. The minimum atomic E-state index is 0.518. The Morgan fingerprint density at radius 1 is 1.07 bits per heavy atom. The van der Waals surface area contributed by atoms with E-state index in [1.807, 2.05) is 36.7 Å². The van der Waals surface area contributed by atoms with Crippen molar-refractivity contribution in [3.8, 4) is 11.4 Å². The number of benzene rings is 2. The molecule has 6 nitrogen and oxygen atoms in total. The Kier molecular flexibility index (Phi) is 4.77. The lowest BCUT2D eigenvalue weighted by Gasteiger charge is -2.25. The molecule has 0 saturated carbocycles. The van der Waals surface area contributed by atoms with Gasteiger partial charge in [-0.1, -0.05) is 59.2 Å². The molecule has 1 aliphatic rings. The third-order valence-electron chi connectivity index (χ3n) is 5.24. The zero-order chi connectivity index (χ0) is 19.6. The molecular weight excluding hydrogens is 386 g/mol. The molecule has 146 valence electrons.